The van der Waals surface area contributed by atoms with Gasteiger partial charge in [-0.15, -0.1) is 0 Å². The Labute approximate surface area is 105 Å². The van der Waals surface area contributed by atoms with E-state index in [1.807, 2.05) is 0 Å². The van der Waals surface area contributed by atoms with Crippen molar-refractivity contribution in [3.05, 3.63) is 24.3 Å². The predicted molar refractivity (Wildman–Crippen MR) is 67.1 cm³/mol. The quantitative estimate of drug-likeness (QED) is 0.546. The number of phenolic OH excluding ortho intramolecular Hbond substituents is 1. The molecule has 1 aromatic rings. The molecule has 0 aromatic heterocycles. The van der Waals surface area contributed by atoms with E-state index in [-0.39, 0.29) is 17.5 Å². The maximum atomic E-state index is 11.6. The van der Waals surface area contributed by atoms with Crippen molar-refractivity contribution < 1.29 is 14.7 Å². The van der Waals surface area contributed by atoms with E-state index in [1.54, 1.807) is 12.1 Å². The number of para-hydroxylation sites is 2. The zero-order valence-electron chi connectivity index (χ0n) is 9.98. The normalized spacial score (nSPS) is 15.3. The van der Waals surface area contributed by atoms with Crippen LogP contribution in [0.3, 0.4) is 0 Å². The third-order valence-electron chi connectivity index (χ3n) is 3.05. The van der Waals surface area contributed by atoms with Gasteiger partial charge in [-0.3, -0.25) is 9.59 Å². The summed E-state index contributed by atoms with van der Waals surface area (Å²) in [6.45, 7) is 0. The van der Waals surface area contributed by atoms with E-state index in [1.165, 1.54) is 12.1 Å². The Morgan fingerprint density at radius 2 is 1.78 bits per heavy atom. The van der Waals surface area contributed by atoms with Crippen LogP contribution in [0.25, 0.3) is 0 Å². The zero-order valence-corrected chi connectivity index (χ0v) is 9.98. The molecule has 1 aliphatic rings. The van der Waals surface area contributed by atoms with Crippen molar-refractivity contribution in [2.45, 2.75) is 31.7 Å². The first kappa shape index (κ1) is 12.4. The molecule has 1 aliphatic carbocycles. The minimum Gasteiger partial charge on any atom is -0.506 e. The van der Waals surface area contributed by atoms with Crippen LogP contribution in [-0.4, -0.2) is 23.0 Å². The fraction of sp³-hybridized carbons (Fsp3) is 0.385. The van der Waals surface area contributed by atoms with Gasteiger partial charge >= 0.3 is 11.8 Å². The number of rotatable bonds is 2. The van der Waals surface area contributed by atoms with Crippen molar-refractivity contribution >= 4 is 17.5 Å². The van der Waals surface area contributed by atoms with Crippen molar-refractivity contribution in [2.24, 2.45) is 0 Å². The van der Waals surface area contributed by atoms with Crippen LogP contribution in [-0.2, 0) is 9.59 Å². The summed E-state index contributed by atoms with van der Waals surface area (Å²) in [5.41, 5.74) is 0.240. The Morgan fingerprint density at radius 1 is 1.11 bits per heavy atom. The van der Waals surface area contributed by atoms with Crippen molar-refractivity contribution in [1.29, 1.82) is 0 Å². The maximum absolute atomic E-state index is 11.6. The van der Waals surface area contributed by atoms with E-state index in [4.69, 9.17) is 0 Å². The van der Waals surface area contributed by atoms with Gasteiger partial charge in [0.25, 0.3) is 0 Å². The van der Waals surface area contributed by atoms with Crippen LogP contribution in [0.2, 0.25) is 0 Å². The summed E-state index contributed by atoms with van der Waals surface area (Å²) in [6, 6.07) is 6.40. The summed E-state index contributed by atoms with van der Waals surface area (Å²) < 4.78 is 0. The van der Waals surface area contributed by atoms with Crippen LogP contribution in [0.1, 0.15) is 25.7 Å². The van der Waals surface area contributed by atoms with Gasteiger partial charge in [-0.25, -0.2) is 0 Å². The number of hydrogen-bond acceptors (Lipinski definition) is 3. The number of phenols is 1. The number of aromatic hydroxyl groups is 1. The average molecular weight is 248 g/mol. The molecule has 0 radical (unpaired) electrons. The van der Waals surface area contributed by atoms with Gasteiger partial charge < -0.3 is 15.7 Å². The Morgan fingerprint density at radius 3 is 2.44 bits per heavy atom. The zero-order chi connectivity index (χ0) is 13.0. The molecular formula is C13H16N2O3. The SMILES string of the molecule is O=C(Nc1ccccc1O)C(=O)NC1CCCC1. The summed E-state index contributed by atoms with van der Waals surface area (Å²) in [5, 5.41) is 14.5. The van der Waals surface area contributed by atoms with Gasteiger partial charge in [0, 0.05) is 6.04 Å². The van der Waals surface area contributed by atoms with Crippen LogP contribution in [0.5, 0.6) is 5.75 Å². The molecule has 5 heteroatoms. The molecule has 0 aliphatic heterocycles. The molecule has 2 rings (SSSR count). The van der Waals surface area contributed by atoms with Gasteiger partial charge in [0.15, 0.2) is 0 Å². The molecule has 0 spiro atoms. The third-order valence-corrected chi connectivity index (χ3v) is 3.05. The lowest BCUT2D eigenvalue weighted by atomic mass is 10.2. The van der Waals surface area contributed by atoms with Gasteiger partial charge in [-0.05, 0) is 25.0 Å². The lowest BCUT2D eigenvalue weighted by Gasteiger charge is -2.12. The summed E-state index contributed by atoms with van der Waals surface area (Å²) in [7, 11) is 0. The number of amides is 2. The monoisotopic (exact) mass is 248 g/mol. The first-order valence-corrected chi connectivity index (χ1v) is 6.06. The summed E-state index contributed by atoms with van der Waals surface area (Å²) in [5.74, 6) is -1.45. The smallest absolute Gasteiger partial charge is 0.313 e. The molecule has 96 valence electrons. The number of benzene rings is 1. The molecule has 0 atom stereocenters. The van der Waals surface area contributed by atoms with Crippen molar-refractivity contribution in [2.75, 3.05) is 5.32 Å². The van der Waals surface area contributed by atoms with E-state index < -0.39 is 11.8 Å². The standard InChI is InChI=1S/C13H16N2O3/c16-11-8-4-3-7-10(11)15-13(18)12(17)14-9-5-1-2-6-9/h3-4,7-9,16H,1-2,5-6H2,(H,14,17)(H,15,18). The summed E-state index contributed by atoms with van der Waals surface area (Å²) in [6.07, 6.45) is 4.03. The van der Waals surface area contributed by atoms with Crippen molar-refractivity contribution in [3.63, 3.8) is 0 Å². The van der Waals surface area contributed by atoms with Gasteiger partial charge in [0.1, 0.15) is 5.75 Å². The number of nitrogens with one attached hydrogen (secondary N) is 2. The Bertz CT molecular complexity index is 453. The molecule has 0 unspecified atom stereocenters. The van der Waals surface area contributed by atoms with E-state index in [2.05, 4.69) is 10.6 Å². The number of hydrogen-bond donors (Lipinski definition) is 3. The molecule has 0 heterocycles. The largest absolute Gasteiger partial charge is 0.506 e. The minimum absolute atomic E-state index is 0.0560. The molecular weight excluding hydrogens is 232 g/mol. The van der Waals surface area contributed by atoms with E-state index in [9.17, 15) is 14.7 Å². The molecule has 0 bridgehead atoms. The highest BCUT2D eigenvalue weighted by atomic mass is 16.3. The second-order valence-electron chi connectivity index (χ2n) is 4.43. The molecule has 0 saturated heterocycles. The van der Waals surface area contributed by atoms with Crippen LogP contribution >= 0.6 is 0 Å². The maximum Gasteiger partial charge on any atom is 0.313 e. The molecule has 5 nitrogen and oxygen atoms in total. The molecule has 1 saturated carbocycles. The van der Waals surface area contributed by atoms with E-state index in [0.717, 1.165) is 25.7 Å². The van der Waals surface area contributed by atoms with Gasteiger partial charge in [0.05, 0.1) is 5.69 Å². The number of carbonyl (C=O) groups is 2. The van der Waals surface area contributed by atoms with Crippen LogP contribution < -0.4 is 10.6 Å². The molecule has 3 N–H and O–H groups in total. The van der Waals surface area contributed by atoms with E-state index in [0.29, 0.717) is 0 Å². The number of carbonyl (C=O) groups excluding carboxylic acids is 2. The second kappa shape index (κ2) is 5.53. The minimum atomic E-state index is -0.747. The second-order valence-corrected chi connectivity index (χ2v) is 4.43. The molecule has 2 amide bonds. The van der Waals surface area contributed by atoms with Crippen molar-refractivity contribution in [1.82, 2.24) is 5.32 Å². The average Bonchev–Trinajstić information content (AvgIpc) is 2.84. The van der Waals surface area contributed by atoms with Crippen LogP contribution in [0.4, 0.5) is 5.69 Å². The Hall–Kier alpha value is -2.04. The van der Waals surface area contributed by atoms with Crippen LogP contribution in [0, 0.1) is 0 Å². The summed E-state index contributed by atoms with van der Waals surface area (Å²) in [4.78, 5) is 23.2. The molecule has 1 aromatic carbocycles. The fourth-order valence-electron chi connectivity index (χ4n) is 2.08. The number of anilines is 1. The lowest BCUT2D eigenvalue weighted by Crippen LogP contribution is -2.40. The van der Waals surface area contributed by atoms with Crippen LogP contribution in [0.15, 0.2) is 24.3 Å². The highest BCUT2D eigenvalue weighted by molar-refractivity contribution is 6.39. The first-order chi connectivity index (χ1) is 8.66. The van der Waals surface area contributed by atoms with Gasteiger partial charge in [-0.1, -0.05) is 25.0 Å². The van der Waals surface area contributed by atoms with Gasteiger partial charge in [-0.2, -0.15) is 0 Å². The molecule has 1 fully saturated rings. The Kier molecular flexibility index (Phi) is 3.82. The van der Waals surface area contributed by atoms with Crippen molar-refractivity contribution in [3.8, 4) is 5.75 Å². The highest BCUT2D eigenvalue weighted by Gasteiger charge is 2.21. The Balaban J connectivity index is 1.91. The van der Waals surface area contributed by atoms with E-state index >= 15 is 0 Å². The fourth-order valence-corrected chi connectivity index (χ4v) is 2.08. The summed E-state index contributed by atoms with van der Waals surface area (Å²) >= 11 is 0. The van der Waals surface area contributed by atoms with Gasteiger partial charge in [0.2, 0.25) is 0 Å². The molecule has 18 heavy (non-hydrogen) atoms. The predicted octanol–water partition coefficient (Wildman–Crippen LogP) is 1.39. The first-order valence-electron chi connectivity index (χ1n) is 6.06. The lowest BCUT2D eigenvalue weighted by molar-refractivity contribution is -0.136. The highest BCUT2D eigenvalue weighted by Crippen LogP contribution is 2.21. The topological polar surface area (TPSA) is 78.4 Å². The third kappa shape index (κ3) is 3.00.